The van der Waals surface area contributed by atoms with E-state index >= 15 is 0 Å². The van der Waals surface area contributed by atoms with E-state index in [2.05, 4.69) is 16.4 Å². The van der Waals surface area contributed by atoms with E-state index in [1.54, 1.807) is 32.7 Å². The van der Waals surface area contributed by atoms with Gasteiger partial charge in [-0.3, -0.25) is 9.78 Å². The molecule has 0 fully saturated rings. The second-order valence-electron chi connectivity index (χ2n) is 7.36. The average molecular weight is 483 g/mol. The van der Waals surface area contributed by atoms with Gasteiger partial charge in [0.05, 0.1) is 31.2 Å². The van der Waals surface area contributed by atoms with Crippen LogP contribution in [0.3, 0.4) is 0 Å². The van der Waals surface area contributed by atoms with Crippen molar-refractivity contribution in [1.82, 2.24) is 9.97 Å². The highest BCUT2D eigenvalue weighted by molar-refractivity contribution is 8.00. The fraction of sp³-hybridized carbons (Fsp3) is 0.111. The Balaban J connectivity index is 1.74. The molecule has 0 saturated carbocycles. The number of nitrogens with zero attached hydrogens (tertiary/aromatic N) is 3. The largest absolute Gasteiger partial charge is 0.493 e. The SMILES string of the molecule is COc1ccc(-c2cc(-c3cccnc3)nc(SCC(=O)Nc3ccccc3)c2C#N)cc1OC. The van der Waals surface area contributed by atoms with Gasteiger partial charge in [0.25, 0.3) is 0 Å². The van der Waals surface area contributed by atoms with Gasteiger partial charge in [-0.1, -0.05) is 36.0 Å². The summed E-state index contributed by atoms with van der Waals surface area (Å²) >= 11 is 1.21. The zero-order chi connectivity index (χ0) is 24.6. The maximum absolute atomic E-state index is 12.6. The maximum Gasteiger partial charge on any atom is 0.234 e. The van der Waals surface area contributed by atoms with E-state index in [0.717, 1.165) is 11.1 Å². The molecule has 0 spiro atoms. The van der Waals surface area contributed by atoms with Gasteiger partial charge in [0.2, 0.25) is 5.91 Å². The number of hydrogen-bond donors (Lipinski definition) is 1. The van der Waals surface area contributed by atoms with E-state index in [-0.39, 0.29) is 11.7 Å². The fourth-order valence-corrected chi connectivity index (χ4v) is 4.28. The monoisotopic (exact) mass is 482 g/mol. The molecular formula is C27H22N4O3S. The van der Waals surface area contributed by atoms with Crippen LogP contribution in [0.25, 0.3) is 22.4 Å². The fourth-order valence-electron chi connectivity index (χ4n) is 3.48. The number of rotatable bonds is 8. The van der Waals surface area contributed by atoms with Crippen LogP contribution in [0.15, 0.2) is 84.1 Å². The van der Waals surface area contributed by atoms with Crippen LogP contribution in [0, 0.1) is 11.3 Å². The van der Waals surface area contributed by atoms with Crippen LogP contribution in [0.5, 0.6) is 11.5 Å². The first kappa shape index (κ1) is 23.8. The first-order valence-corrected chi connectivity index (χ1v) is 11.7. The van der Waals surface area contributed by atoms with Crippen molar-refractivity contribution < 1.29 is 14.3 Å². The van der Waals surface area contributed by atoms with Gasteiger partial charge in [0.15, 0.2) is 11.5 Å². The van der Waals surface area contributed by atoms with Crippen molar-refractivity contribution in [3.8, 4) is 40.0 Å². The summed E-state index contributed by atoms with van der Waals surface area (Å²) in [4.78, 5) is 21.5. The summed E-state index contributed by atoms with van der Waals surface area (Å²) in [6.07, 6.45) is 3.40. The third kappa shape index (κ3) is 5.60. The van der Waals surface area contributed by atoms with Crippen LogP contribution in [0.2, 0.25) is 0 Å². The lowest BCUT2D eigenvalue weighted by molar-refractivity contribution is -0.113. The van der Waals surface area contributed by atoms with Crippen LogP contribution in [-0.4, -0.2) is 35.8 Å². The molecule has 0 aliphatic carbocycles. The van der Waals surface area contributed by atoms with Crippen molar-refractivity contribution >= 4 is 23.4 Å². The number of amides is 1. The lowest BCUT2D eigenvalue weighted by Crippen LogP contribution is -2.14. The molecule has 4 aromatic rings. The Labute approximate surface area is 207 Å². The van der Waals surface area contributed by atoms with Crippen LogP contribution < -0.4 is 14.8 Å². The first-order chi connectivity index (χ1) is 17.1. The van der Waals surface area contributed by atoms with Crippen molar-refractivity contribution in [2.75, 3.05) is 25.3 Å². The third-order valence-corrected chi connectivity index (χ3v) is 6.12. The molecule has 0 radical (unpaired) electrons. The molecule has 0 unspecified atom stereocenters. The number of benzene rings is 2. The number of ether oxygens (including phenoxy) is 2. The number of anilines is 1. The van der Waals surface area contributed by atoms with Crippen LogP contribution >= 0.6 is 11.8 Å². The molecule has 0 aliphatic heterocycles. The highest BCUT2D eigenvalue weighted by Gasteiger charge is 2.18. The predicted molar refractivity (Wildman–Crippen MR) is 137 cm³/mol. The van der Waals surface area contributed by atoms with E-state index in [9.17, 15) is 10.1 Å². The molecule has 1 amide bonds. The van der Waals surface area contributed by atoms with Gasteiger partial charge >= 0.3 is 0 Å². The number of methoxy groups -OCH3 is 2. The number of para-hydroxylation sites is 1. The summed E-state index contributed by atoms with van der Waals surface area (Å²) in [6.45, 7) is 0. The minimum atomic E-state index is -0.189. The molecule has 0 bridgehead atoms. The van der Waals surface area contributed by atoms with Crippen molar-refractivity contribution in [3.63, 3.8) is 0 Å². The maximum atomic E-state index is 12.6. The summed E-state index contributed by atoms with van der Waals surface area (Å²) in [5, 5.41) is 13.4. The van der Waals surface area contributed by atoms with Gasteiger partial charge in [-0.05, 0) is 48.0 Å². The molecule has 0 atom stereocenters. The smallest absolute Gasteiger partial charge is 0.234 e. The number of nitriles is 1. The van der Waals surface area contributed by atoms with Crippen LogP contribution in [0.4, 0.5) is 5.69 Å². The molecule has 7 nitrogen and oxygen atoms in total. The predicted octanol–water partition coefficient (Wildman–Crippen LogP) is 5.43. The molecule has 0 aliphatic rings. The number of hydrogen-bond acceptors (Lipinski definition) is 7. The van der Waals surface area contributed by atoms with Gasteiger partial charge < -0.3 is 14.8 Å². The van der Waals surface area contributed by atoms with Gasteiger partial charge in [-0.2, -0.15) is 5.26 Å². The van der Waals surface area contributed by atoms with E-state index in [4.69, 9.17) is 14.5 Å². The summed E-state index contributed by atoms with van der Waals surface area (Å²) < 4.78 is 10.8. The highest BCUT2D eigenvalue weighted by atomic mass is 32.2. The number of carbonyl (C=O) groups excluding carboxylic acids is 1. The topological polar surface area (TPSA) is 97.1 Å². The Morgan fingerprint density at radius 2 is 1.80 bits per heavy atom. The standard InChI is InChI=1S/C27H22N4O3S/c1-33-24-11-10-18(13-25(24)34-2)21-14-23(19-7-6-12-29-16-19)31-27(22(21)15-28)35-17-26(32)30-20-8-4-3-5-9-20/h3-14,16H,17H2,1-2H3,(H,30,32). The van der Waals surface area contributed by atoms with E-state index in [1.807, 2.05) is 60.7 Å². The lowest BCUT2D eigenvalue weighted by Gasteiger charge is -2.14. The summed E-state index contributed by atoms with van der Waals surface area (Å²) in [5.74, 6) is 1.04. The van der Waals surface area contributed by atoms with E-state index < -0.39 is 0 Å². The minimum Gasteiger partial charge on any atom is -0.493 e. The first-order valence-electron chi connectivity index (χ1n) is 10.7. The second kappa shape index (κ2) is 11.2. The molecule has 8 heteroatoms. The molecule has 0 saturated heterocycles. The number of pyridine rings is 2. The minimum absolute atomic E-state index is 0.0957. The Hall–Kier alpha value is -4.35. The van der Waals surface area contributed by atoms with Gasteiger partial charge in [-0.25, -0.2) is 4.98 Å². The Bertz CT molecular complexity index is 1370. The van der Waals surface area contributed by atoms with Crippen LogP contribution in [0.1, 0.15) is 5.56 Å². The second-order valence-corrected chi connectivity index (χ2v) is 8.33. The number of thioether (sulfide) groups is 1. The van der Waals surface area contributed by atoms with E-state index in [0.29, 0.717) is 39.0 Å². The Kier molecular flexibility index (Phi) is 7.60. The van der Waals surface area contributed by atoms with Gasteiger partial charge in [0.1, 0.15) is 11.1 Å². The summed E-state index contributed by atoms with van der Waals surface area (Å²) in [5.41, 5.74) is 3.97. The Morgan fingerprint density at radius 3 is 2.49 bits per heavy atom. The van der Waals surface area contributed by atoms with Crippen LogP contribution in [-0.2, 0) is 4.79 Å². The summed E-state index contributed by atoms with van der Waals surface area (Å²) in [7, 11) is 3.13. The summed E-state index contributed by atoms with van der Waals surface area (Å²) in [6, 6.07) is 22.6. The molecule has 2 heterocycles. The molecule has 35 heavy (non-hydrogen) atoms. The number of nitrogens with one attached hydrogen (secondary N) is 1. The third-order valence-electron chi connectivity index (χ3n) is 5.15. The molecule has 174 valence electrons. The molecule has 2 aromatic heterocycles. The normalized spacial score (nSPS) is 10.3. The highest BCUT2D eigenvalue weighted by Crippen LogP contribution is 2.38. The number of aromatic nitrogens is 2. The lowest BCUT2D eigenvalue weighted by atomic mass is 9.99. The molecule has 4 rings (SSSR count). The Morgan fingerprint density at radius 1 is 1.00 bits per heavy atom. The van der Waals surface area contributed by atoms with Gasteiger partial charge in [-0.15, -0.1) is 0 Å². The zero-order valence-corrected chi connectivity index (χ0v) is 20.0. The molecule has 2 aromatic carbocycles. The molecular weight excluding hydrogens is 460 g/mol. The molecule has 1 N–H and O–H groups in total. The van der Waals surface area contributed by atoms with Crippen molar-refractivity contribution in [2.45, 2.75) is 5.03 Å². The van der Waals surface area contributed by atoms with Crippen molar-refractivity contribution in [3.05, 3.63) is 84.7 Å². The van der Waals surface area contributed by atoms with Crippen molar-refractivity contribution in [2.24, 2.45) is 0 Å². The quantitative estimate of drug-likeness (QED) is 0.334. The van der Waals surface area contributed by atoms with Gasteiger partial charge in [0, 0.05) is 29.2 Å². The number of carbonyl (C=O) groups is 1. The van der Waals surface area contributed by atoms with E-state index in [1.165, 1.54) is 11.8 Å². The average Bonchev–Trinajstić information content (AvgIpc) is 2.92. The van der Waals surface area contributed by atoms with Crippen molar-refractivity contribution in [1.29, 1.82) is 5.26 Å². The zero-order valence-electron chi connectivity index (χ0n) is 19.2.